The third-order valence-electron chi connectivity index (χ3n) is 3.98. The van der Waals surface area contributed by atoms with Gasteiger partial charge >= 0.3 is 0 Å². The topological polar surface area (TPSA) is 19.4 Å². The van der Waals surface area contributed by atoms with E-state index >= 15 is 0 Å². The van der Waals surface area contributed by atoms with Crippen molar-refractivity contribution in [1.29, 1.82) is 0 Å². The second-order valence-electron chi connectivity index (χ2n) is 5.27. The molecule has 0 aromatic carbocycles. The maximum Gasteiger partial charge on any atom is 0.0940 e. The van der Waals surface area contributed by atoms with E-state index in [-0.39, 0.29) is 0 Å². The lowest BCUT2D eigenvalue weighted by Gasteiger charge is -2.37. The van der Waals surface area contributed by atoms with Crippen LogP contribution in [0.15, 0.2) is 5.38 Å². The molecule has 2 saturated heterocycles. The smallest absolute Gasteiger partial charge is 0.0940 e. The monoisotopic (exact) mass is 251 g/mol. The quantitative estimate of drug-likeness (QED) is 0.816. The fourth-order valence-electron chi connectivity index (χ4n) is 3.03. The summed E-state index contributed by atoms with van der Waals surface area (Å²) in [5.41, 5.74) is 1.17. The summed E-state index contributed by atoms with van der Waals surface area (Å²) >= 11 is 1.81. The van der Waals surface area contributed by atoms with Gasteiger partial charge in [0.1, 0.15) is 0 Å². The predicted molar refractivity (Wildman–Crippen MR) is 71.6 cm³/mol. The highest BCUT2D eigenvalue weighted by molar-refractivity contribution is 7.09. The molecule has 0 spiro atoms. The number of aryl methyl sites for hydroxylation is 1. The molecule has 0 amide bonds. The van der Waals surface area contributed by atoms with Crippen molar-refractivity contribution in [2.45, 2.75) is 32.2 Å². The van der Waals surface area contributed by atoms with Gasteiger partial charge in [0, 0.05) is 49.7 Å². The highest BCUT2D eigenvalue weighted by atomic mass is 32.1. The minimum Gasteiger partial charge on any atom is -0.300 e. The summed E-state index contributed by atoms with van der Waals surface area (Å²) in [5, 5.41) is 3.46. The van der Waals surface area contributed by atoms with E-state index in [1.807, 2.05) is 11.3 Å². The molecule has 1 aromatic rings. The highest BCUT2D eigenvalue weighted by Gasteiger charge is 2.30. The van der Waals surface area contributed by atoms with E-state index in [2.05, 4.69) is 27.1 Å². The van der Waals surface area contributed by atoms with Crippen LogP contribution in [0.25, 0.3) is 0 Å². The lowest BCUT2D eigenvalue weighted by Crippen LogP contribution is -2.50. The summed E-state index contributed by atoms with van der Waals surface area (Å²) in [5.74, 6) is 0. The Hall–Kier alpha value is -0.450. The normalized spacial score (nSPS) is 26.3. The molecular formula is C13H21N3S. The van der Waals surface area contributed by atoms with E-state index in [9.17, 15) is 0 Å². The number of rotatable bonds is 3. The van der Waals surface area contributed by atoms with Gasteiger partial charge in [0.05, 0.1) is 5.01 Å². The highest BCUT2D eigenvalue weighted by Crippen LogP contribution is 2.21. The molecule has 0 N–H and O–H groups in total. The number of fused-ring (bicyclic) bond motifs is 1. The first-order valence-corrected chi connectivity index (χ1v) is 7.56. The Balaban J connectivity index is 1.49. The van der Waals surface area contributed by atoms with Crippen LogP contribution in [0.5, 0.6) is 0 Å². The van der Waals surface area contributed by atoms with Crippen LogP contribution in [0.3, 0.4) is 0 Å². The molecule has 94 valence electrons. The van der Waals surface area contributed by atoms with Gasteiger partial charge < -0.3 is 4.90 Å². The summed E-state index contributed by atoms with van der Waals surface area (Å²) in [4.78, 5) is 9.84. The van der Waals surface area contributed by atoms with E-state index in [1.165, 1.54) is 56.3 Å². The van der Waals surface area contributed by atoms with Crippen LogP contribution in [0.1, 0.15) is 23.5 Å². The Morgan fingerprint density at radius 3 is 3.18 bits per heavy atom. The molecule has 3 rings (SSSR count). The van der Waals surface area contributed by atoms with Gasteiger partial charge in [-0.15, -0.1) is 11.3 Å². The summed E-state index contributed by atoms with van der Waals surface area (Å²) < 4.78 is 0. The molecule has 2 aliphatic rings. The first-order chi connectivity index (χ1) is 8.31. The van der Waals surface area contributed by atoms with Crippen molar-refractivity contribution in [1.82, 2.24) is 14.8 Å². The molecule has 2 fully saturated rings. The van der Waals surface area contributed by atoms with Crippen LogP contribution < -0.4 is 0 Å². The van der Waals surface area contributed by atoms with Gasteiger partial charge in [-0.25, -0.2) is 4.98 Å². The van der Waals surface area contributed by atoms with Crippen molar-refractivity contribution < 1.29 is 0 Å². The first kappa shape index (κ1) is 11.6. The van der Waals surface area contributed by atoms with Gasteiger partial charge in [-0.05, 0) is 26.3 Å². The third kappa shape index (κ3) is 2.69. The zero-order valence-corrected chi connectivity index (χ0v) is 11.4. The van der Waals surface area contributed by atoms with E-state index in [1.54, 1.807) is 0 Å². The van der Waals surface area contributed by atoms with Gasteiger partial charge in [0.2, 0.25) is 0 Å². The SMILES string of the molecule is Cc1csc(CCN2CCN3CCCC3C2)n1. The van der Waals surface area contributed by atoms with Gasteiger partial charge in [-0.1, -0.05) is 0 Å². The van der Waals surface area contributed by atoms with E-state index < -0.39 is 0 Å². The second kappa shape index (κ2) is 5.04. The Kier molecular flexibility index (Phi) is 3.45. The summed E-state index contributed by atoms with van der Waals surface area (Å²) in [6.07, 6.45) is 3.95. The zero-order chi connectivity index (χ0) is 11.7. The average molecular weight is 251 g/mol. The Morgan fingerprint density at radius 2 is 2.35 bits per heavy atom. The molecule has 3 nitrogen and oxygen atoms in total. The average Bonchev–Trinajstić information content (AvgIpc) is 2.94. The number of aromatic nitrogens is 1. The van der Waals surface area contributed by atoms with E-state index in [0.29, 0.717) is 0 Å². The number of nitrogens with zero attached hydrogens (tertiary/aromatic N) is 3. The lowest BCUT2D eigenvalue weighted by atomic mass is 10.1. The molecule has 3 heterocycles. The maximum absolute atomic E-state index is 4.54. The number of piperazine rings is 1. The minimum atomic E-state index is 0.849. The summed E-state index contributed by atoms with van der Waals surface area (Å²) in [6.45, 7) is 8.42. The molecule has 17 heavy (non-hydrogen) atoms. The standard InChI is InChI=1S/C13H21N3S/c1-11-10-17-13(14-11)4-6-15-7-8-16-5-2-3-12(16)9-15/h10,12H,2-9H2,1H3. The van der Waals surface area contributed by atoms with Gasteiger partial charge in [-0.3, -0.25) is 4.90 Å². The minimum absolute atomic E-state index is 0.849. The van der Waals surface area contributed by atoms with Crippen molar-refractivity contribution in [2.75, 3.05) is 32.7 Å². The number of thiazole rings is 1. The number of hydrogen-bond acceptors (Lipinski definition) is 4. The summed E-state index contributed by atoms with van der Waals surface area (Å²) in [7, 11) is 0. The van der Waals surface area contributed by atoms with Crippen LogP contribution in [0, 0.1) is 6.92 Å². The van der Waals surface area contributed by atoms with Crippen LogP contribution >= 0.6 is 11.3 Å². The molecule has 1 atom stereocenters. The van der Waals surface area contributed by atoms with Crippen LogP contribution in [0.2, 0.25) is 0 Å². The fourth-order valence-corrected chi connectivity index (χ4v) is 3.79. The number of hydrogen-bond donors (Lipinski definition) is 0. The van der Waals surface area contributed by atoms with Crippen LogP contribution in [0.4, 0.5) is 0 Å². The molecule has 1 unspecified atom stereocenters. The lowest BCUT2D eigenvalue weighted by molar-refractivity contribution is 0.105. The van der Waals surface area contributed by atoms with Gasteiger partial charge in [0.15, 0.2) is 0 Å². The molecule has 2 aliphatic heterocycles. The molecule has 4 heteroatoms. The second-order valence-corrected chi connectivity index (χ2v) is 6.21. The Labute approximate surface area is 107 Å². The molecule has 0 bridgehead atoms. The molecular weight excluding hydrogens is 230 g/mol. The maximum atomic E-state index is 4.54. The molecule has 0 aliphatic carbocycles. The first-order valence-electron chi connectivity index (χ1n) is 6.69. The van der Waals surface area contributed by atoms with Crippen molar-refractivity contribution in [3.63, 3.8) is 0 Å². The predicted octanol–water partition coefficient (Wildman–Crippen LogP) is 1.77. The van der Waals surface area contributed by atoms with Gasteiger partial charge in [-0.2, -0.15) is 0 Å². The molecule has 0 radical (unpaired) electrons. The fraction of sp³-hybridized carbons (Fsp3) is 0.769. The Morgan fingerprint density at radius 1 is 1.41 bits per heavy atom. The van der Waals surface area contributed by atoms with E-state index in [0.717, 1.165) is 12.5 Å². The van der Waals surface area contributed by atoms with E-state index in [4.69, 9.17) is 0 Å². The Bertz CT molecular complexity index is 376. The summed E-state index contributed by atoms with van der Waals surface area (Å²) in [6, 6.07) is 0.849. The van der Waals surface area contributed by atoms with Crippen molar-refractivity contribution in [2.24, 2.45) is 0 Å². The van der Waals surface area contributed by atoms with Crippen molar-refractivity contribution >= 4 is 11.3 Å². The van der Waals surface area contributed by atoms with Crippen LogP contribution in [-0.2, 0) is 6.42 Å². The van der Waals surface area contributed by atoms with Gasteiger partial charge in [0.25, 0.3) is 0 Å². The largest absolute Gasteiger partial charge is 0.300 e. The van der Waals surface area contributed by atoms with Crippen LogP contribution in [-0.4, -0.2) is 53.5 Å². The third-order valence-corrected chi connectivity index (χ3v) is 5.01. The molecule has 0 saturated carbocycles. The van der Waals surface area contributed by atoms with Crippen molar-refractivity contribution in [3.05, 3.63) is 16.1 Å². The van der Waals surface area contributed by atoms with Crippen molar-refractivity contribution in [3.8, 4) is 0 Å². The molecule has 1 aromatic heterocycles. The zero-order valence-electron chi connectivity index (χ0n) is 10.6.